The van der Waals surface area contributed by atoms with E-state index in [0.717, 1.165) is 17.7 Å². The van der Waals surface area contributed by atoms with Crippen molar-refractivity contribution in [3.63, 3.8) is 0 Å². The summed E-state index contributed by atoms with van der Waals surface area (Å²) in [4.78, 5) is 40.6. The van der Waals surface area contributed by atoms with E-state index in [9.17, 15) is 14.4 Å². The summed E-state index contributed by atoms with van der Waals surface area (Å²) in [7, 11) is 0. The lowest BCUT2D eigenvalue weighted by Crippen LogP contribution is -2.52. The highest BCUT2D eigenvalue weighted by Crippen LogP contribution is 2.34. The SMILES string of the molecule is O=C1CCC(N2Cc3cc(O[C@H]4CCC[C@@H]4N4CCCC4)ccc3C2=O)C(=O)N1. The second-order valence-electron chi connectivity index (χ2n) is 8.62. The van der Waals surface area contributed by atoms with Crippen molar-refractivity contribution in [3.8, 4) is 5.75 Å². The van der Waals surface area contributed by atoms with Gasteiger partial charge in [0, 0.05) is 24.6 Å². The van der Waals surface area contributed by atoms with Gasteiger partial charge in [-0.1, -0.05) is 0 Å². The van der Waals surface area contributed by atoms with Gasteiger partial charge in [0.25, 0.3) is 5.91 Å². The molecule has 7 nitrogen and oxygen atoms in total. The number of ether oxygens (including phenoxy) is 1. The standard InChI is InChI=1S/C22H27N3O4/c26-20-9-8-18(21(27)23-20)25-13-14-12-15(6-7-16(14)22(25)28)29-19-5-3-4-17(19)24-10-1-2-11-24/h6-7,12,17-19H,1-5,8-11,13H2,(H,23,26,27)/t17-,18?,19-/m0/s1. The molecule has 0 spiro atoms. The number of imide groups is 1. The van der Waals surface area contributed by atoms with E-state index >= 15 is 0 Å². The van der Waals surface area contributed by atoms with Crippen LogP contribution in [0.3, 0.4) is 0 Å². The first-order valence-electron chi connectivity index (χ1n) is 10.8. The molecule has 154 valence electrons. The summed E-state index contributed by atoms with van der Waals surface area (Å²) >= 11 is 0. The number of rotatable bonds is 4. The molecule has 3 aliphatic heterocycles. The molecule has 3 heterocycles. The highest BCUT2D eigenvalue weighted by Gasteiger charge is 2.39. The summed E-state index contributed by atoms with van der Waals surface area (Å²) in [5, 5.41) is 2.34. The number of amides is 3. The van der Waals surface area contributed by atoms with Crippen LogP contribution in [0.5, 0.6) is 5.75 Å². The Labute approximate surface area is 170 Å². The first-order valence-corrected chi connectivity index (χ1v) is 10.8. The summed E-state index contributed by atoms with van der Waals surface area (Å²) in [6, 6.07) is 5.57. The molecule has 2 saturated heterocycles. The van der Waals surface area contributed by atoms with Crippen molar-refractivity contribution in [1.29, 1.82) is 0 Å². The average Bonchev–Trinajstić information content (AvgIpc) is 3.43. The number of benzene rings is 1. The third-order valence-electron chi connectivity index (χ3n) is 6.81. The maximum Gasteiger partial charge on any atom is 0.255 e. The van der Waals surface area contributed by atoms with Gasteiger partial charge >= 0.3 is 0 Å². The van der Waals surface area contributed by atoms with E-state index in [1.165, 1.54) is 38.8 Å². The number of nitrogens with one attached hydrogen (secondary N) is 1. The lowest BCUT2D eigenvalue weighted by molar-refractivity contribution is -0.136. The fraction of sp³-hybridized carbons (Fsp3) is 0.591. The lowest BCUT2D eigenvalue weighted by Gasteiger charge is -2.29. The first-order chi connectivity index (χ1) is 14.1. The molecule has 3 fully saturated rings. The summed E-state index contributed by atoms with van der Waals surface area (Å²) in [5.41, 5.74) is 1.53. The topological polar surface area (TPSA) is 79.0 Å². The summed E-state index contributed by atoms with van der Waals surface area (Å²) in [6.07, 6.45) is 6.86. The molecule has 3 amide bonds. The molecule has 0 aromatic heterocycles. The molecule has 7 heteroatoms. The maximum atomic E-state index is 12.8. The Kier molecular flexibility index (Phi) is 4.78. The van der Waals surface area contributed by atoms with Gasteiger partial charge in [-0.05, 0) is 75.4 Å². The van der Waals surface area contributed by atoms with E-state index in [4.69, 9.17) is 4.74 Å². The molecule has 3 atom stereocenters. The number of hydrogen-bond donors (Lipinski definition) is 1. The van der Waals surface area contributed by atoms with Gasteiger partial charge in [-0.15, -0.1) is 0 Å². The molecule has 1 saturated carbocycles. The summed E-state index contributed by atoms with van der Waals surface area (Å²) in [5.74, 6) is 0.0168. The van der Waals surface area contributed by atoms with Crippen LogP contribution >= 0.6 is 0 Å². The van der Waals surface area contributed by atoms with Crippen molar-refractivity contribution < 1.29 is 19.1 Å². The second kappa shape index (κ2) is 7.44. The van der Waals surface area contributed by atoms with Crippen LogP contribution in [0, 0.1) is 0 Å². The quantitative estimate of drug-likeness (QED) is 0.785. The Morgan fingerprint density at radius 2 is 1.83 bits per heavy atom. The summed E-state index contributed by atoms with van der Waals surface area (Å²) < 4.78 is 6.38. The van der Waals surface area contributed by atoms with Crippen LogP contribution in [0.2, 0.25) is 0 Å². The predicted octanol–water partition coefficient (Wildman–Crippen LogP) is 1.84. The third-order valence-corrected chi connectivity index (χ3v) is 6.81. The number of piperidine rings is 1. The van der Waals surface area contributed by atoms with Gasteiger partial charge in [0.1, 0.15) is 17.9 Å². The average molecular weight is 397 g/mol. The largest absolute Gasteiger partial charge is 0.489 e. The molecule has 29 heavy (non-hydrogen) atoms. The van der Waals surface area contributed by atoms with Crippen molar-refractivity contribution in [2.24, 2.45) is 0 Å². The van der Waals surface area contributed by atoms with Gasteiger partial charge in [0.2, 0.25) is 11.8 Å². The molecule has 1 unspecified atom stereocenters. The van der Waals surface area contributed by atoms with Gasteiger partial charge in [-0.3, -0.25) is 24.6 Å². The number of likely N-dealkylation sites (tertiary alicyclic amines) is 1. The van der Waals surface area contributed by atoms with Crippen LogP contribution in [0.25, 0.3) is 0 Å². The van der Waals surface area contributed by atoms with Gasteiger partial charge in [-0.2, -0.15) is 0 Å². The Bertz CT molecular complexity index is 848. The van der Waals surface area contributed by atoms with Crippen LogP contribution in [0.15, 0.2) is 18.2 Å². The van der Waals surface area contributed by atoms with E-state index in [2.05, 4.69) is 10.2 Å². The van der Waals surface area contributed by atoms with Crippen LogP contribution in [0.1, 0.15) is 60.9 Å². The minimum Gasteiger partial charge on any atom is -0.489 e. The van der Waals surface area contributed by atoms with Crippen molar-refractivity contribution in [2.45, 2.75) is 69.7 Å². The Morgan fingerprint density at radius 3 is 2.62 bits per heavy atom. The highest BCUT2D eigenvalue weighted by molar-refractivity contribution is 6.05. The van der Waals surface area contributed by atoms with Crippen LogP contribution in [0.4, 0.5) is 0 Å². The highest BCUT2D eigenvalue weighted by atomic mass is 16.5. The van der Waals surface area contributed by atoms with Gasteiger partial charge in [-0.25, -0.2) is 0 Å². The predicted molar refractivity (Wildman–Crippen MR) is 105 cm³/mol. The monoisotopic (exact) mass is 397 g/mol. The van der Waals surface area contributed by atoms with Crippen LogP contribution < -0.4 is 10.1 Å². The third kappa shape index (κ3) is 3.41. The smallest absolute Gasteiger partial charge is 0.255 e. The second-order valence-corrected chi connectivity index (χ2v) is 8.62. The summed E-state index contributed by atoms with van der Waals surface area (Å²) in [6.45, 7) is 2.73. The van der Waals surface area contributed by atoms with E-state index in [-0.39, 0.29) is 30.2 Å². The van der Waals surface area contributed by atoms with Crippen molar-refractivity contribution >= 4 is 17.7 Å². The molecule has 1 aromatic rings. The zero-order valence-corrected chi connectivity index (χ0v) is 16.6. The number of fused-ring (bicyclic) bond motifs is 1. The minimum atomic E-state index is -0.577. The zero-order valence-electron chi connectivity index (χ0n) is 16.6. The molecule has 5 rings (SSSR count). The Morgan fingerprint density at radius 1 is 1.00 bits per heavy atom. The fourth-order valence-corrected chi connectivity index (χ4v) is 5.33. The zero-order chi connectivity index (χ0) is 20.0. The molecule has 1 N–H and O–H groups in total. The van der Waals surface area contributed by atoms with Crippen molar-refractivity contribution in [3.05, 3.63) is 29.3 Å². The van der Waals surface area contributed by atoms with Gasteiger partial charge in [0.15, 0.2) is 0 Å². The van der Waals surface area contributed by atoms with Crippen LogP contribution in [-0.4, -0.2) is 58.8 Å². The van der Waals surface area contributed by atoms with Crippen molar-refractivity contribution in [2.75, 3.05) is 13.1 Å². The minimum absolute atomic E-state index is 0.142. The first kappa shape index (κ1) is 18.6. The molecule has 1 aliphatic carbocycles. The number of nitrogens with zero attached hydrogens (tertiary/aromatic N) is 2. The van der Waals surface area contributed by atoms with E-state index in [1.807, 2.05) is 18.2 Å². The fourth-order valence-electron chi connectivity index (χ4n) is 5.33. The number of carbonyl (C=O) groups excluding carboxylic acids is 3. The molecular weight excluding hydrogens is 370 g/mol. The normalized spacial score (nSPS) is 30.0. The van der Waals surface area contributed by atoms with E-state index < -0.39 is 6.04 Å². The van der Waals surface area contributed by atoms with Crippen molar-refractivity contribution in [1.82, 2.24) is 15.1 Å². The number of carbonyl (C=O) groups is 3. The lowest BCUT2D eigenvalue weighted by atomic mass is 10.0. The number of hydrogen-bond acceptors (Lipinski definition) is 5. The molecular formula is C22H27N3O4. The maximum absolute atomic E-state index is 12.8. The van der Waals surface area contributed by atoms with Gasteiger partial charge < -0.3 is 9.64 Å². The molecule has 1 aromatic carbocycles. The van der Waals surface area contributed by atoms with E-state index in [0.29, 0.717) is 24.6 Å². The molecule has 0 radical (unpaired) electrons. The Hall–Kier alpha value is -2.41. The van der Waals surface area contributed by atoms with Crippen LogP contribution in [-0.2, 0) is 16.1 Å². The Balaban J connectivity index is 1.30. The molecule has 4 aliphatic rings. The van der Waals surface area contributed by atoms with Gasteiger partial charge in [0.05, 0.1) is 0 Å². The molecule has 0 bridgehead atoms. The van der Waals surface area contributed by atoms with E-state index in [1.54, 1.807) is 4.90 Å².